The lowest BCUT2D eigenvalue weighted by molar-refractivity contribution is 0.197. The molecule has 1 atom stereocenters. The number of hydrogen-bond donors (Lipinski definition) is 1. The van der Waals surface area contributed by atoms with Crippen molar-refractivity contribution in [2.45, 2.75) is 46.0 Å². The first-order valence-electron chi connectivity index (χ1n) is 4.51. The normalized spacial score (nSPS) is 15.7. The van der Waals surface area contributed by atoms with E-state index in [0.29, 0.717) is 0 Å². The zero-order valence-electron chi connectivity index (χ0n) is 9.75. The Balaban J connectivity index is 5.81. The molecule has 0 bridgehead atoms. The van der Waals surface area contributed by atoms with Crippen LogP contribution < -0.4 is 0 Å². The van der Waals surface area contributed by atoms with Gasteiger partial charge < -0.3 is 0 Å². The van der Waals surface area contributed by atoms with Crippen molar-refractivity contribution in [1.29, 1.82) is 0 Å². The summed E-state index contributed by atoms with van der Waals surface area (Å²) in [6.07, 6.45) is 0. The second-order valence-corrected chi connectivity index (χ2v) is 8.59. The molecule has 1 unspecified atom stereocenters. The van der Waals surface area contributed by atoms with Gasteiger partial charge in [-0.3, -0.25) is 4.55 Å². The van der Waals surface area contributed by atoms with E-state index in [4.69, 9.17) is 0 Å². The van der Waals surface area contributed by atoms with Gasteiger partial charge in [0.2, 0.25) is 0 Å². The van der Waals surface area contributed by atoms with E-state index in [1.165, 1.54) is 0 Å². The molecule has 0 aliphatic heterocycles. The smallest absolute Gasteiger partial charge is 0.275 e. The summed E-state index contributed by atoms with van der Waals surface area (Å²) >= 11 is 0. The SMILES string of the molecule is CC(C)(C)C(P)(C(C)(C)C)S(=O)(=O)O. The quantitative estimate of drug-likeness (QED) is 0.566. The maximum absolute atomic E-state index is 11.5. The number of hydrogen-bond acceptors (Lipinski definition) is 2. The zero-order valence-corrected chi connectivity index (χ0v) is 11.7. The van der Waals surface area contributed by atoms with Crippen molar-refractivity contribution in [3.63, 3.8) is 0 Å². The van der Waals surface area contributed by atoms with E-state index in [2.05, 4.69) is 9.24 Å². The molecule has 0 fully saturated rings. The fourth-order valence-electron chi connectivity index (χ4n) is 1.90. The second-order valence-electron chi connectivity index (χ2n) is 5.71. The van der Waals surface area contributed by atoms with Gasteiger partial charge in [-0.2, -0.15) is 8.42 Å². The molecule has 0 heterocycles. The second kappa shape index (κ2) is 3.43. The van der Waals surface area contributed by atoms with Gasteiger partial charge in [-0.15, -0.1) is 9.24 Å². The van der Waals surface area contributed by atoms with Crippen molar-refractivity contribution < 1.29 is 13.0 Å². The Labute approximate surface area is 89.6 Å². The van der Waals surface area contributed by atoms with Crippen molar-refractivity contribution in [2.24, 2.45) is 10.8 Å². The molecule has 0 aromatic rings. The van der Waals surface area contributed by atoms with E-state index < -0.39 is 25.4 Å². The van der Waals surface area contributed by atoms with Crippen molar-refractivity contribution in [1.82, 2.24) is 0 Å². The van der Waals surface area contributed by atoms with Gasteiger partial charge in [0.1, 0.15) is 4.49 Å². The molecule has 0 aromatic carbocycles. The van der Waals surface area contributed by atoms with E-state index in [0.717, 1.165) is 0 Å². The summed E-state index contributed by atoms with van der Waals surface area (Å²) in [6, 6.07) is 0. The van der Waals surface area contributed by atoms with Crippen LogP contribution in [0, 0.1) is 10.8 Å². The van der Waals surface area contributed by atoms with E-state index in [9.17, 15) is 13.0 Å². The average molecular weight is 240 g/mol. The summed E-state index contributed by atoms with van der Waals surface area (Å²) in [6.45, 7) is 10.8. The van der Waals surface area contributed by atoms with Crippen LogP contribution in [0.1, 0.15) is 41.5 Å². The molecule has 0 saturated heterocycles. The van der Waals surface area contributed by atoms with Gasteiger partial charge in [0, 0.05) is 0 Å². The highest BCUT2D eigenvalue weighted by Gasteiger charge is 2.56. The Bertz CT molecular complexity index is 292. The largest absolute Gasteiger partial charge is 0.285 e. The average Bonchev–Trinajstić information content (AvgIpc) is 1.77. The van der Waals surface area contributed by atoms with Crippen LogP contribution in [0.4, 0.5) is 0 Å². The lowest BCUT2D eigenvalue weighted by Crippen LogP contribution is -2.53. The van der Waals surface area contributed by atoms with E-state index in [1.54, 1.807) is 41.5 Å². The van der Waals surface area contributed by atoms with Crippen molar-refractivity contribution >= 4 is 19.4 Å². The molecule has 0 aromatic heterocycles. The Hall–Kier alpha value is 0.340. The lowest BCUT2D eigenvalue weighted by Gasteiger charge is -2.47. The predicted octanol–water partition coefficient (Wildman–Crippen LogP) is 2.54. The molecule has 0 aliphatic carbocycles. The Kier molecular flexibility index (Phi) is 3.51. The summed E-state index contributed by atoms with van der Waals surface area (Å²) in [5.74, 6) is 0. The van der Waals surface area contributed by atoms with Crippen LogP contribution in [0.5, 0.6) is 0 Å². The van der Waals surface area contributed by atoms with Crippen LogP contribution in [0.15, 0.2) is 0 Å². The molecule has 0 amide bonds. The van der Waals surface area contributed by atoms with Crippen LogP contribution in [0.3, 0.4) is 0 Å². The zero-order chi connectivity index (χ0) is 12.0. The van der Waals surface area contributed by atoms with Gasteiger partial charge in [-0.25, -0.2) is 0 Å². The first kappa shape index (κ1) is 14.3. The first-order chi connectivity index (χ1) is 5.75. The molecule has 0 saturated carbocycles. The summed E-state index contributed by atoms with van der Waals surface area (Å²) in [7, 11) is -1.80. The van der Waals surface area contributed by atoms with Gasteiger partial charge in [0.25, 0.3) is 10.1 Å². The molecular weight excluding hydrogens is 219 g/mol. The minimum atomic E-state index is -4.12. The van der Waals surface area contributed by atoms with Crippen LogP contribution in [0.25, 0.3) is 0 Å². The summed E-state index contributed by atoms with van der Waals surface area (Å²) in [5, 5.41) is 0. The van der Waals surface area contributed by atoms with Crippen molar-refractivity contribution in [3.8, 4) is 0 Å². The van der Waals surface area contributed by atoms with Crippen LogP contribution >= 0.6 is 9.24 Å². The Morgan fingerprint density at radius 3 is 1.14 bits per heavy atom. The fourth-order valence-corrected chi connectivity index (χ4v) is 3.45. The highest BCUT2D eigenvalue weighted by Crippen LogP contribution is 2.53. The highest BCUT2D eigenvalue weighted by molar-refractivity contribution is 7.91. The van der Waals surface area contributed by atoms with E-state index in [1.807, 2.05) is 0 Å². The maximum Gasteiger partial charge on any atom is 0.275 e. The summed E-state index contributed by atoms with van der Waals surface area (Å²) in [5.41, 5.74) is -1.10. The minimum absolute atomic E-state index is 0.552. The Morgan fingerprint density at radius 2 is 1.14 bits per heavy atom. The highest BCUT2D eigenvalue weighted by atomic mass is 32.2. The Morgan fingerprint density at radius 1 is 0.929 bits per heavy atom. The van der Waals surface area contributed by atoms with Crippen molar-refractivity contribution in [2.75, 3.05) is 0 Å². The van der Waals surface area contributed by atoms with E-state index in [-0.39, 0.29) is 0 Å². The van der Waals surface area contributed by atoms with Crippen LogP contribution in [0.2, 0.25) is 0 Å². The fraction of sp³-hybridized carbons (Fsp3) is 1.00. The molecule has 86 valence electrons. The maximum atomic E-state index is 11.5. The minimum Gasteiger partial charge on any atom is -0.285 e. The third-order valence-corrected chi connectivity index (χ3v) is 7.30. The molecule has 5 heteroatoms. The van der Waals surface area contributed by atoms with E-state index >= 15 is 0 Å². The molecular formula is C9H21O3PS. The topological polar surface area (TPSA) is 54.4 Å². The molecule has 14 heavy (non-hydrogen) atoms. The molecule has 0 spiro atoms. The molecule has 0 rings (SSSR count). The third kappa shape index (κ3) is 2.12. The molecule has 3 nitrogen and oxygen atoms in total. The standard InChI is InChI=1S/C9H21O3PS/c1-7(2,3)9(13,8(4,5)6)14(10,11)12/h13H2,1-6H3,(H,10,11,12). The van der Waals surface area contributed by atoms with Crippen LogP contribution in [-0.2, 0) is 10.1 Å². The monoisotopic (exact) mass is 240 g/mol. The predicted molar refractivity (Wildman–Crippen MR) is 62.9 cm³/mol. The van der Waals surface area contributed by atoms with Gasteiger partial charge in [-0.05, 0) is 10.8 Å². The van der Waals surface area contributed by atoms with Gasteiger partial charge in [0.15, 0.2) is 0 Å². The molecule has 0 aliphatic rings. The number of rotatable bonds is 1. The third-order valence-electron chi connectivity index (χ3n) is 2.64. The molecule has 1 N–H and O–H groups in total. The van der Waals surface area contributed by atoms with Gasteiger partial charge >= 0.3 is 0 Å². The lowest BCUT2D eigenvalue weighted by atomic mass is 9.76. The summed E-state index contributed by atoms with van der Waals surface area (Å²) < 4.78 is 31.1. The molecule has 0 radical (unpaired) electrons. The van der Waals surface area contributed by atoms with Gasteiger partial charge in [0.05, 0.1) is 0 Å². The summed E-state index contributed by atoms with van der Waals surface area (Å²) in [4.78, 5) is 0. The van der Waals surface area contributed by atoms with Crippen molar-refractivity contribution in [3.05, 3.63) is 0 Å². The van der Waals surface area contributed by atoms with Gasteiger partial charge in [-0.1, -0.05) is 41.5 Å². The first-order valence-corrected chi connectivity index (χ1v) is 6.53. The van der Waals surface area contributed by atoms with Crippen LogP contribution in [-0.4, -0.2) is 17.5 Å².